The summed E-state index contributed by atoms with van der Waals surface area (Å²) in [5.74, 6) is -1.71. The molecule has 1 atom stereocenters. The van der Waals surface area contributed by atoms with E-state index in [4.69, 9.17) is 0 Å². The minimum Gasteiger partial charge on any atom is -0.502 e. The molecule has 0 aliphatic carbocycles. The van der Waals surface area contributed by atoms with Crippen molar-refractivity contribution in [2.75, 3.05) is 13.1 Å². The number of aryl methyl sites for hydroxylation is 1. The van der Waals surface area contributed by atoms with Crippen LogP contribution in [0.3, 0.4) is 0 Å². The monoisotopic (exact) mass is 423 g/mol. The second-order valence-corrected chi connectivity index (χ2v) is 7.47. The molecule has 162 valence electrons. The molecule has 7 heteroatoms. The zero-order valence-corrected chi connectivity index (χ0v) is 17.6. The van der Waals surface area contributed by atoms with Crippen molar-refractivity contribution in [3.63, 3.8) is 0 Å². The topological polar surface area (TPSA) is 86.3 Å². The molecule has 0 fully saturated rings. The van der Waals surface area contributed by atoms with Gasteiger partial charge in [-0.05, 0) is 42.5 Å². The SMILES string of the molecule is CCCN(CCC(c1ccccc1C)c1ccccc1F)C(=O)c1[nH]ncc(=O)c1O. The zero-order valence-electron chi connectivity index (χ0n) is 17.6. The van der Waals surface area contributed by atoms with Crippen LogP contribution in [0, 0.1) is 12.7 Å². The van der Waals surface area contributed by atoms with Gasteiger partial charge in [-0.2, -0.15) is 5.10 Å². The van der Waals surface area contributed by atoms with Crippen LogP contribution in [0.15, 0.2) is 59.5 Å². The van der Waals surface area contributed by atoms with Gasteiger partial charge in [-0.3, -0.25) is 14.7 Å². The third-order valence-electron chi connectivity index (χ3n) is 5.36. The molecule has 31 heavy (non-hydrogen) atoms. The number of carbonyl (C=O) groups excluding carboxylic acids is 1. The maximum Gasteiger partial charge on any atom is 0.275 e. The number of halogens is 1. The summed E-state index contributed by atoms with van der Waals surface area (Å²) in [7, 11) is 0. The fourth-order valence-corrected chi connectivity index (χ4v) is 3.78. The van der Waals surface area contributed by atoms with Crippen molar-refractivity contribution in [1.29, 1.82) is 0 Å². The standard InChI is InChI=1S/C24H26FN3O3/c1-3-13-28(24(31)22-23(30)21(29)15-26-27-22)14-12-18(17-9-5-4-8-16(17)2)19-10-6-7-11-20(19)25/h4-11,15,18H,3,12-14H2,1-2H3,(H,26,30)(H,27,29). The summed E-state index contributed by atoms with van der Waals surface area (Å²) < 4.78 is 14.7. The first-order chi connectivity index (χ1) is 14.9. The van der Waals surface area contributed by atoms with Gasteiger partial charge in [0.1, 0.15) is 5.82 Å². The van der Waals surface area contributed by atoms with Crippen molar-refractivity contribution in [3.05, 3.63) is 93.2 Å². The van der Waals surface area contributed by atoms with Gasteiger partial charge in [0.05, 0.1) is 6.20 Å². The second-order valence-electron chi connectivity index (χ2n) is 7.47. The summed E-state index contributed by atoms with van der Waals surface area (Å²) in [6, 6.07) is 14.5. The van der Waals surface area contributed by atoms with Gasteiger partial charge in [-0.15, -0.1) is 0 Å². The molecule has 3 rings (SSSR count). The Bertz CT molecular complexity index is 1070. The van der Waals surface area contributed by atoms with E-state index in [1.165, 1.54) is 6.07 Å². The van der Waals surface area contributed by atoms with Crippen LogP contribution in [0.4, 0.5) is 4.39 Å². The predicted molar refractivity (Wildman–Crippen MR) is 117 cm³/mol. The lowest BCUT2D eigenvalue weighted by molar-refractivity contribution is 0.0741. The number of hydrogen-bond acceptors (Lipinski definition) is 4. The third kappa shape index (κ3) is 4.99. The van der Waals surface area contributed by atoms with Crippen LogP contribution in [0.1, 0.15) is 52.9 Å². The van der Waals surface area contributed by atoms with Gasteiger partial charge in [0.2, 0.25) is 5.43 Å². The van der Waals surface area contributed by atoms with Crippen molar-refractivity contribution in [1.82, 2.24) is 15.1 Å². The van der Waals surface area contributed by atoms with Gasteiger partial charge in [0.25, 0.3) is 5.91 Å². The quantitative estimate of drug-likeness (QED) is 0.573. The zero-order chi connectivity index (χ0) is 22.4. The van der Waals surface area contributed by atoms with Crippen LogP contribution >= 0.6 is 0 Å². The molecule has 0 spiro atoms. The Labute approximate surface area is 180 Å². The molecule has 1 aromatic heterocycles. The van der Waals surface area contributed by atoms with E-state index < -0.39 is 17.1 Å². The lowest BCUT2D eigenvalue weighted by Crippen LogP contribution is -2.35. The largest absolute Gasteiger partial charge is 0.502 e. The molecule has 2 aromatic carbocycles. The van der Waals surface area contributed by atoms with Crippen molar-refractivity contribution in [2.45, 2.75) is 32.6 Å². The summed E-state index contributed by atoms with van der Waals surface area (Å²) in [6.07, 6.45) is 2.08. The van der Waals surface area contributed by atoms with Crippen molar-refractivity contribution in [3.8, 4) is 5.75 Å². The summed E-state index contributed by atoms with van der Waals surface area (Å²) in [4.78, 5) is 26.3. The average molecular weight is 423 g/mol. The van der Waals surface area contributed by atoms with E-state index in [0.29, 0.717) is 31.5 Å². The lowest BCUT2D eigenvalue weighted by Gasteiger charge is -2.26. The molecule has 0 aliphatic rings. The minimum absolute atomic E-state index is 0.237. The fourth-order valence-electron chi connectivity index (χ4n) is 3.78. The molecular formula is C24H26FN3O3. The molecule has 0 saturated carbocycles. The second kappa shape index (κ2) is 10.0. The van der Waals surface area contributed by atoms with E-state index in [1.807, 2.05) is 38.1 Å². The van der Waals surface area contributed by atoms with Gasteiger partial charge in [-0.1, -0.05) is 49.4 Å². The molecule has 0 saturated heterocycles. The number of carbonyl (C=O) groups is 1. The Morgan fingerprint density at radius 1 is 1.13 bits per heavy atom. The predicted octanol–water partition coefficient (Wildman–Crippen LogP) is 4.00. The molecule has 0 bridgehead atoms. The Hall–Kier alpha value is -3.48. The Kier molecular flexibility index (Phi) is 7.18. The molecule has 1 heterocycles. The minimum atomic E-state index is -0.720. The average Bonchev–Trinajstić information content (AvgIpc) is 2.76. The van der Waals surface area contributed by atoms with Gasteiger partial charge < -0.3 is 10.0 Å². The highest BCUT2D eigenvalue weighted by molar-refractivity contribution is 5.94. The van der Waals surface area contributed by atoms with Crippen LogP contribution in [-0.4, -0.2) is 39.2 Å². The summed E-state index contributed by atoms with van der Waals surface area (Å²) in [6.45, 7) is 4.65. The highest BCUT2D eigenvalue weighted by Gasteiger charge is 2.25. The molecule has 3 aromatic rings. The first kappa shape index (κ1) is 22.2. The van der Waals surface area contributed by atoms with E-state index in [0.717, 1.165) is 17.3 Å². The van der Waals surface area contributed by atoms with Crippen molar-refractivity contribution >= 4 is 5.91 Å². The third-order valence-corrected chi connectivity index (χ3v) is 5.36. The van der Waals surface area contributed by atoms with E-state index in [9.17, 15) is 19.1 Å². The highest BCUT2D eigenvalue weighted by Crippen LogP contribution is 2.32. The number of benzene rings is 2. The number of rotatable bonds is 8. The van der Waals surface area contributed by atoms with Gasteiger partial charge >= 0.3 is 0 Å². The van der Waals surface area contributed by atoms with E-state index in [1.54, 1.807) is 23.1 Å². The van der Waals surface area contributed by atoms with Crippen molar-refractivity contribution < 1.29 is 14.3 Å². The van der Waals surface area contributed by atoms with Gasteiger partial charge in [0, 0.05) is 19.0 Å². The van der Waals surface area contributed by atoms with Crippen LogP contribution in [0.5, 0.6) is 5.75 Å². The molecule has 6 nitrogen and oxygen atoms in total. The summed E-state index contributed by atoms with van der Waals surface area (Å²) in [5.41, 5.74) is 1.65. The number of amides is 1. The number of H-pyrrole nitrogens is 1. The fraction of sp³-hybridized carbons (Fsp3) is 0.292. The molecule has 0 aliphatic heterocycles. The lowest BCUT2D eigenvalue weighted by atomic mass is 9.85. The number of nitrogens with one attached hydrogen (secondary N) is 1. The van der Waals surface area contributed by atoms with Crippen LogP contribution in [-0.2, 0) is 0 Å². The number of aromatic amines is 1. The number of aromatic nitrogens is 2. The normalized spacial score (nSPS) is 11.8. The highest BCUT2D eigenvalue weighted by atomic mass is 19.1. The Morgan fingerprint density at radius 3 is 2.48 bits per heavy atom. The Morgan fingerprint density at radius 2 is 1.81 bits per heavy atom. The summed E-state index contributed by atoms with van der Waals surface area (Å²) >= 11 is 0. The molecule has 1 unspecified atom stereocenters. The van der Waals surface area contributed by atoms with Crippen molar-refractivity contribution in [2.24, 2.45) is 0 Å². The number of hydrogen-bond donors (Lipinski definition) is 2. The van der Waals surface area contributed by atoms with Crippen LogP contribution < -0.4 is 5.43 Å². The smallest absolute Gasteiger partial charge is 0.275 e. The molecule has 2 N–H and O–H groups in total. The Balaban J connectivity index is 1.92. The first-order valence-corrected chi connectivity index (χ1v) is 10.3. The van der Waals surface area contributed by atoms with E-state index in [-0.39, 0.29) is 17.4 Å². The molecule has 1 amide bonds. The number of nitrogens with zero attached hydrogens (tertiary/aromatic N) is 2. The first-order valence-electron chi connectivity index (χ1n) is 10.3. The van der Waals surface area contributed by atoms with Crippen LogP contribution in [0.25, 0.3) is 0 Å². The maximum absolute atomic E-state index is 14.7. The van der Waals surface area contributed by atoms with Crippen LogP contribution in [0.2, 0.25) is 0 Å². The number of aromatic hydroxyl groups is 1. The van der Waals surface area contributed by atoms with E-state index in [2.05, 4.69) is 10.2 Å². The molecule has 0 radical (unpaired) electrons. The maximum atomic E-state index is 14.7. The molecular weight excluding hydrogens is 397 g/mol. The van der Waals surface area contributed by atoms with Gasteiger partial charge in [-0.25, -0.2) is 4.39 Å². The summed E-state index contributed by atoms with van der Waals surface area (Å²) in [5, 5.41) is 16.1. The van der Waals surface area contributed by atoms with Gasteiger partial charge in [0.15, 0.2) is 11.4 Å². The van der Waals surface area contributed by atoms with E-state index >= 15 is 0 Å².